The van der Waals surface area contributed by atoms with Gasteiger partial charge < -0.3 is 15.5 Å². The van der Waals surface area contributed by atoms with Crippen molar-refractivity contribution >= 4 is 11.6 Å². The first-order chi connectivity index (χ1) is 8.81. The molecule has 0 unspecified atom stereocenters. The van der Waals surface area contributed by atoms with Crippen LogP contribution in [0.3, 0.4) is 0 Å². The number of hydrogen-bond donors (Lipinski definition) is 2. The molecule has 0 radical (unpaired) electrons. The van der Waals surface area contributed by atoms with Gasteiger partial charge in [-0.05, 0) is 26.2 Å². The minimum absolute atomic E-state index is 0.522. The molecule has 18 heavy (non-hydrogen) atoms. The quantitative estimate of drug-likeness (QED) is 0.839. The predicted octanol–water partition coefficient (Wildman–Crippen LogP) is 1.16. The Morgan fingerprint density at radius 3 is 2.67 bits per heavy atom. The third kappa shape index (κ3) is 2.56. The largest absolute Gasteiger partial charge is 0.365 e. The molecule has 2 saturated heterocycles. The minimum Gasteiger partial charge on any atom is -0.365 e. The molecule has 0 bridgehead atoms. The zero-order valence-corrected chi connectivity index (χ0v) is 10.9. The van der Waals surface area contributed by atoms with Crippen molar-refractivity contribution in [1.29, 1.82) is 0 Å². The van der Waals surface area contributed by atoms with Gasteiger partial charge in [0.05, 0.1) is 6.04 Å². The normalized spacial score (nSPS) is 20.6. The van der Waals surface area contributed by atoms with Gasteiger partial charge in [0.15, 0.2) is 0 Å². The second-order valence-corrected chi connectivity index (χ2v) is 5.21. The summed E-state index contributed by atoms with van der Waals surface area (Å²) >= 11 is 0. The van der Waals surface area contributed by atoms with Crippen LogP contribution in [-0.4, -0.2) is 42.2 Å². The summed E-state index contributed by atoms with van der Waals surface area (Å²) in [5.41, 5.74) is 0. The molecule has 0 amide bonds. The second-order valence-electron chi connectivity index (χ2n) is 5.21. The Labute approximate surface area is 108 Å². The van der Waals surface area contributed by atoms with E-state index in [-0.39, 0.29) is 0 Å². The van der Waals surface area contributed by atoms with Crippen LogP contribution in [0.5, 0.6) is 0 Å². The van der Waals surface area contributed by atoms with Crippen LogP contribution in [0.25, 0.3) is 0 Å². The fourth-order valence-electron chi connectivity index (χ4n) is 2.51. The van der Waals surface area contributed by atoms with Gasteiger partial charge in [0.25, 0.3) is 0 Å². The summed E-state index contributed by atoms with van der Waals surface area (Å²) in [4.78, 5) is 11.4. The Bertz CT molecular complexity index is 410. The molecule has 98 valence electrons. The first-order valence-electron chi connectivity index (χ1n) is 6.89. The van der Waals surface area contributed by atoms with Crippen LogP contribution in [0.4, 0.5) is 11.6 Å². The Hall–Kier alpha value is -1.36. The lowest BCUT2D eigenvalue weighted by Gasteiger charge is -2.30. The Morgan fingerprint density at radius 2 is 2.00 bits per heavy atom. The number of piperidine rings is 1. The fraction of sp³-hybridized carbons (Fsp3) is 0.692. The summed E-state index contributed by atoms with van der Waals surface area (Å²) in [6.07, 6.45) is 3.90. The van der Waals surface area contributed by atoms with E-state index in [4.69, 9.17) is 0 Å². The standard InChI is InChI=1S/C13H21N5/c1-10-15-12(17-11-8-14-9-11)7-13(16-10)18-5-3-2-4-6-18/h7,11,14H,2-6,8-9H2,1H3,(H,15,16,17). The van der Waals surface area contributed by atoms with E-state index < -0.39 is 0 Å². The van der Waals surface area contributed by atoms with Gasteiger partial charge in [0, 0.05) is 32.2 Å². The summed E-state index contributed by atoms with van der Waals surface area (Å²) in [6, 6.07) is 2.62. The van der Waals surface area contributed by atoms with Gasteiger partial charge >= 0.3 is 0 Å². The summed E-state index contributed by atoms with van der Waals surface area (Å²) in [7, 11) is 0. The molecule has 0 saturated carbocycles. The fourth-order valence-corrected chi connectivity index (χ4v) is 2.51. The molecule has 5 nitrogen and oxygen atoms in total. The molecule has 2 fully saturated rings. The molecule has 3 rings (SSSR count). The molecule has 0 atom stereocenters. The summed E-state index contributed by atoms with van der Waals surface area (Å²) in [5, 5.41) is 6.72. The first kappa shape index (κ1) is 11.7. The van der Waals surface area contributed by atoms with Crippen LogP contribution < -0.4 is 15.5 Å². The smallest absolute Gasteiger partial charge is 0.134 e. The topological polar surface area (TPSA) is 53.1 Å². The monoisotopic (exact) mass is 247 g/mol. The van der Waals surface area contributed by atoms with Crippen LogP contribution in [0.15, 0.2) is 6.07 Å². The van der Waals surface area contributed by atoms with Crippen molar-refractivity contribution in [2.24, 2.45) is 0 Å². The van der Waals surface area contributed by atoms with E-state index in [0.29, 0.717) is 6.04 Å². The van der Waals surface area contributed by atoms with Gasteiger partial charge in [0.1, 0.15) is 17.5 Å². The van der Waals surface area contributed by atoms with Crippen molar-refractivity contribution in [2.45, 2.75) is 32.2 Å². The molecule has 1 aromatic heterocycles. The predicted molar refractivity (Wildman–Crippen MR) is 73.1 cm³/mol. The van der Waals surface area contributed by atoms with Gasteiger partial charge in [-0.3, -0.25) is 0 Å². The highest BCUT2D eigenvalue weighted by Gasteiger charge is 2.18. The van der Waals surface area contributed by atoms with Crippen molar-refractivity contribution < 1.29 is 0 Å². The minimum atomic E-state index is 0.522. The number of hydrogen-bond acceptors (Lipinski definition) is 5. The number of aryl methyl sites for hydroxylation is 1. The zero-order chi connectivity index (χ0) is 12.4. The number of nitrogens with one attached hydrogen (secondary N) is 2. The highest BCUT2D eigenvalue weighted by atomic mass is 15.2. The van der Waals surface area contributed by atoms with Crippen molar-refractivity contribution in [1.82, 2.24) is 15.3 Å². The Balaban J connectivity index is 1.75. The number of aromatic nitrogens is 2. The van der Waals surface area contributed by atoms with E-state index in [9.17, 15) is 0 Å². The Kier molecular flexibility index (Phi) is 3.32. The van der Waals surface area contributed by atoms with Crippen LogP contribution in [-0.2, 0) is 0 Å². The molecule has 2 aliphatic rings. The molecular weight excluding hydrogens is 226 g/mol. The van der Waals surface area contributed by atoms with E-state index in [1.54, 1.807) is 0 Å². The van der Waals surface area contributed by atoms with Crippen LogP contribution in [0.2, 0.25) is 0 Å². The number of rotatable bonds is 3. The van der Waals surface area contributed by atoms with Crippen molar-refractivity contribution in [3.05, 3.63) is 11.9 Å². The van der Waals surface area contributed by atoms with Crippen molar-refractivity contribution in [3.8, 4) is 0 Å². The highest BCUT2D eigenvalue weighted by molar-refractivity contribution is 5.50. The second kappa shape index (κ2) is 5.10. The number of anilines is 2. The average molecular weight is 247 g/mol. The summed E-state index contributed by atoms with van der Waals surface area (Å²) in [5.74, 6) is 2.90. The molecule has 0 aliphatic carbocycles. The summed E-state index contributed by atoms with van der Waals surface area (Å²) < 4.78 is 0. The lowest BCUT2D eigenvalue weighted by Crippen LogP contribution is -2.51. The average Bonchev–Trinajstić information content (AvgIpc) is 2.34. The van der Waals surface area contributed by atoms with Gasteiger partial charge in [-0.1, -0.05) is 0 Å². The molecular formula is C13H21N5. The summed E-state index contributed by atoms with van der Waals surface area (Å²) in [6.45, 7) is 6.28. The molecule has 1 aromatic rings. The van der Waals surface area contributed by atoms with Crippen molar-refractivity contribution in [2.75, 3.05) is 36.4 Å². The molecule has 0 spiro atoms. The van der Waals surface area contributed by atoms with E-state index >= 15 is 0 Å². The van der Waals surface area contributed by atoms with Crippen LogP contribution in [0, 0.1) is 6.92 Å². The maximum Gasteiger partial charge on any atom is 0.134 e. The van der Waals surface area contributed by atoms with E-state index in [1.165, 1.54) is 19.3 Å². The first-order valence-corrected chi connectivity index (χ1v) is 6.89. The molecule has 0 aromatic carbocycles. The van der Waals surface area contributed by atoms with Crippen LogP contribution >= 0.6 is 0 Å². The molecule has 2 N–H and O–H groups in total. The lowest BCUT2D eigenvalue weighted by molar-refractivity contribution is 0.471. The third-order valence-corrected chi connectivity index (χ3v) is 3.64. The zero-order valence-electron chi connectivity index (χ0n) is 10.9. The lowest BCUT2D eigenvalue weighted by atomic mass is 10.1. The molecule has 5 heteroatoms. The SMILES string of the molecule is Cc1nc(NC2CNC2)cc(N2CCCCC2)n1. The van der Waals surface area contributed by atoms with E-state index in [1.807, 2.05) is 6.92 Å². The van der Waals surface area contributed by atoms with Gasteiger partial charge in [-0.25, -0.2) is 9.97 Å². The Morgan fingerprint density at radius 1 is 1.22 bits per heavy atom. The van der Waals surface area contributed by atoms with Crippen LogP contribution in [0.1, 0.15) is 25.1 Å². The van der Waals surface area contributed by atoms with Gasteiger partial charge in [-0.15, -0.1) is 0 Å². The maximum absolute atomic E-state index is 4.57. The van der Waals surface area contributed by atoms with E-state index in [2.05, 4.69) is 31.6 Å². The van der Waals surface area contributed by atoms with Gasteiger partial charge in [0.2, 0.25) is 0 Å². The van der Waals surface area contributed by atoms with E-state index in [0.717, 1.165) is 43.6 Å². The third-order valence-electron chi connectivity index (χ3n) is 3.64. The molecule has 3 heterocycles. The number of nitrogens with zero attached hydrogens (tertiary/aromatic N) is 3. The maximum atomic E-state index is 4.57. The van der Waals surface area contributed by atoms with Crippen molar-refractivity contribution in [3.63, 3.8) is 0 Å². The highest BCUT2D eigenvalue weighted by Crippen LogP contribution is 2.20. The van der Waals surface area contributed by atoms with Gasteiger partial charge in [-0.2, -0.15) is 0 Å². The molecule has 2 aliphatic heterocycles.